The lowest BCUT2D eigenvalue weighted by Gasteiger charge is -2.27. The number of anilines is 2. The summed E-state index contributed by atoms with van der Waals surface area (Å²) in [5.74, 6) is -1.24. The Morgan fingerprint density at radius 2 is 1.56 bits per heavy atom. The van der Waals surface area contributed by atoms with Crippen LogP contribution in [0.15, 0.2) is 34.5 Å². The van der Waals surface area contributed by atoms with Crippen LogP contribution in [0.4, 0.5) is 34.1 Å². The summed E-state index contributed by atoms with van der Waals surface area (Å²) in [6.07, 6.45) is 0. The van der Waals surface area contributed by atoms with Crippen LogP contribution in [-0.4, -0.2) is 60.6 Å². The molecule has 0 aliphatic rings. The van der Waals surface area contributed by atoms with E-state index in [4.69, 9.17) is 25.8 Å². The summed E-state index contributed by atoms with van der Waals surface area (Å²) in [7, 11) is 0. The molecule has 0 unspecified atom stereocenters. The van der Waals surface area contributed by atoms with Crippen molar-refractivity contribution in [3.63, 3.8) is 0 Å². The van der Waals surface area contributed by atoms with Crippen LogP contribution in [0, 0.1) is 20.2 Å². The van der Waals surface area contributed by atoms with Gasteiger partial charge in [-0.2, -0.15) is 0 Å². The minimum Gasteiger partial charge on any atom is -0.492 e. The zero-order valence-electron chi connectivity index (χ0n) is 22.5. The number of nitro groups is 2. The summed E-state index contributed by atoms with van der Waals surface area (Å²) in [6, 6.07) is 4.50. The molecule has 0 bridgehead atoms. The van der Waals surface area contributed by atoms with Crippen LogP contribution >= 0.6 is 11.6 Å². The lowest BCUT2D eigenvalue weighted by atomic mass is 10.2. The molecule has 220 valence electrons. The van der Waals surface area contributed by atoms with Crippen LogP contribution in [0.1, 0.15) is 27.7 Å². The zero-order chi connectivity index (χ0) is 30.7. The van der Waals surface area contributed by atoms with Crippen LogP contribution in [0.25, 0.3) is 0 Å². The van der Waals surface area contributed by atoms with Gasteiger partial charge in [0.15, 0.2) is 5.69 Å². The molecular weight excluding hydrogens is 568 g/mol. The van der Waals surface area contributed by atoms with Crippen molar-refractivity contribution in [2.75, 3.05) is 43.1 Å². The van der Waals surface area contributed by atoms with Gasteiger partial charge in [0, 0.05) is 32.9 Å². The number of nitrogens with one attached hydrogen (secondary N) is 1. The van der Waals surface area contributed by atoms with Crippen molar-refractivity contribution < 1.29 is 38.4 Å². The molecule has 0 aliphatic heterocycles. The Balaban J connectivity index is 2.65. The lowest BCUT2D eigenvalue weighted by Crippen LogP contribution is -2.32. The molecule has 0 fully saturated rings. The standard InChI is InChI=1S/C24H27ClN6O10/c1-5-39-23-13-20(27-28-24-18(25)10-17(30(35)36)11-22(24)31(37)38)19(26-14(2)32)12-21(23)29(6-8-40-15(3)33)7-9-41-16(4)34/h10-13H,5-9H2,1-4H3,(H,26,32). The van der Waals surface area contributed by atoms with E-state index in [1.807, 2.05) is 0 Å². The molecule has 0 spiro atoms. The lowest BCUT2D eigenvalue weighted by molar-refractivity contribution is -0.393. The molecule has 41 heavy (non-hydrogen) atoms. The second kappa shape index (κ2) is 15.1. The molecule has 1 N–H and O–H groups in total. The average molecular weight is 595 g/mol. The largest absolute Gasteiger partial charge is 0.492 e. The first kappa shape index (κ1) is 32.4. The molecule has 0 heterocycles. The second-order valence-electron chi connectivity index (χ2n) is 8.13. The Hall–Kier alpha value is -4.86. The molecule has 16 nitrogen and oxygen atoms in total. The summed E-state index contributed by atoms with van der Waals surface area (Å²) in [6.45, 7) is 5.96. The summed E-state index contributed by atoms with van der Waals surface area (Å²) < 4.78 is 15.9. The molecule has 2 rings (SSSR count). The highest BCUT2D eigenvalue weighted by Gasteiger charge is 2.24. The highest BCUT2D eigenvalue weighted by Crippen LogP contribution is 2.43. The molecule has 0 aliphatic carbocycles. The van der Waals surface area contributed by atoms with Crippen LogP contribution in [0.5, 0.6) is 5.75 Å². The number of amides is 1. The van der Waals surface area contributed by atoms with Gasteiger partial charge < -0.3 is 24.4 Å². The van der Waals surface area contributed by atoms with E-state index >= 15 is 0 Å². The summed E-state index contributed by atoms with van der Waals surface area (Å²) in [5, 5.41) is 32.8. The number of carbonyl (C=O) groups is 3. The third-order valence-electron chi connectivity index (χ3n) is 5.05. The van der Waals surface area contributed by atoms with E-state index in [0.717, 1.165) is 6.07 Å². The van der Waals surface area contributed by atoms with Crippen molar-refractivity contribution in [3.05, 3.63) is 49.5 Å². The highest BCUT2D eigenvalue weighted by atomic mass is 35.5. The van der Waals surface area contributed by atoms with Gasteiger partial charge in [0.2, 0.25) is 5.91 Å². The number of nitro benzene ring substituents is 2. The average Bonchev–Trinajstić information content (AvgIpc) is 2.87. The molecule has 1 amide bonds. The van der Waals surface area contributed by atoms with Crippen LogP contribution in [-0.2, 0) is 23.9 Å². The van der Waals surface area contributed by atoms with Gasteiger partial charge in [-0.25, -0.2) is 0 Å². The van der Waals surface area contributed by atoms with Gasteiger partial charge in [0.05, 0.1) is 52.0 Å². The van der Waals surface area contributed by atoms with E-state index in [1.165, 1.54) is 32.9 Å². The monoisotopic (exact) mass is 594 g/mol. The Kier molecular flexibility index (Phi) is 11.9. The van der Waals surface area contributed by atoms with Crippen molar-refractivity contribution in [3.8, 4) is 5.75 Å². The van der Waals surface area contributed by atoms with E-state index in [0.29, 0.717) is 11.8 Å². The fourth-order valence-electron chi connectivity index (χ4n) is 3.42. The zero-order valence-corrected chi connectivity index (χ0v) is 23.3. The number of hydrogen-bond acceptors (Lipinski definition) is 13. The van der Waals surface area contributed by atoms with Gasteiger partial charge in [-0.05, 0) is 13.0 Å². The molecule has 0 atom stereocenters. The van der Waals surface area contributed by atoms with Gasteiger partial charge in [-0.3, -0.25) is 34.6 Å². The number of benzene rings is 2. The fourth-order valence-corrected chi connectivity index (χ4v) is 3.66. The Morgan fingerprint density at radius 1 is 0.951 bits per heavy atom. The topological polar surface area (TPSA) is 205 Å². The van der Waals surface area contributed by atoms with Crippen LogP contribution in [0.2, 0.25) is 5.02 Å². The number of ether oxygens (including phenoxy) is 3. The second-order valence-corrected chi connectivity index (χ2v) is 8.54. The van der Waals surface area contributed by atoms with Crippen LogP contribution in [0.3, 0.4) is 0 Å². The van der Waals surface area contributed by atoms with Crippen molar-refractivity contribution in [2.45, 2.75) is 27.7 Å². The molecule has 2 aromatic carbocycles. The van der Waals surface area contributed by atoms with E-state index in [1.54, 1.807) is 11.8 Å². The minimum absolute atomic E-state index is 0.0102. The maximum atomic E-state index is 12.0. The Labute approximate surface area is 238 Å². The predicted octanol–water partition coefficient (Wildman–Crippen LogP) is 4.86. The van der Waals surface area contributed by atoms with E-state index in [2.05, 4.69) is 15.5 Å². The Morgan fingerprint density at radius 3 is 2.05 bits per heavy atom. The molecule has 17 heteroatoms. The normalized spacial score (nSPS) is 10.7. The van der Waals surface area contributed by atoms with Gasteiger partial charge in [-0.15, -0.1) is 10.2 Å². The number of carbonyl (C=O) groups excluding carboxylic acids is 3. The smallest absolute Gasteiger partial charge is 0.305 e. The van der Waals surface area contributed by atoms with E-state index in [-0.39, 0.29) is 55.1 Å². The number of rotatable bonds is 14. The molecule has 0 saturated carbocycles. The molecule has 0 aromatic heterocycles. The van der Waals surface area contributed by atoms with Gasteiger partial charge in [0.25, 0.3) is 5.69 Å². The fraction of sp³-hybridized carbons (Fsp3) is 0.375. The highest BCUT2D eigenvalue weighted by molar-refractivity contribution is 6.33. The van der Waals surface area contributed by atoms with Crippen molar-refractivity contribution in [1.82, 2.24) is 0 Å². The number of azo groups is 1. The SMILES string of the molecule is CCOc1cc(N=Nc2c(Cl)cc([N+](=O)[O-])cc2[N+](=O)[O-])c(NC(C)=O)cc1N(CCOC(C)=O)CCOC(C)=O. The predicted molar refractivity (Wildman–Crippen MR) is 146 cm³/mol. The van der Waals surface area contributed by atoms with Crippen molar-refractivity contribution >= 4 is 63.6 Å². The Bertz CT molecular complexity index is 1350. The van der Waals surface area contributed by atoms with Gasteiger partial charge >= 0.3 is 17.6 Å². The number of esters is 2. The van der Waals surface area contributed by atoms with E-state index < -0.39 is 44.8 Å². The number of nitrogens with zero attached hydrogens (tertiary/aromatic N) is 5. The summed E-state index contributed by atoms with van der Waals surface area (Å²) in [4.78, 5) is 57.2. The van der Waals surface area contributed by atoms with Crippen molar-refractivity contribution in [2.24, 2.45) is 10.2 Å². The van der Waals surface area contributed by atoms with Gasteiger partial charge in [-0.1, -0.05) is 11.6 Å². The number of non-ortho nitro benzene ring substituents is 1. The number of halogens is 1. The first-order chi connectivity index (χ1) is 19.3. The minimum atomic E-state index is -0.888. The maximum absolute atomic E-state index is 12.0. The maximum Gasteiger partial charge on any atom is 0.305 e. The molecular formula is C24H27ClN6O10. The van der Waals surface area contributed by atoms with Crippen molar-refractivity contribution in [1.29, 1.82) is 0 Å². The molecule has 2 aromatic rings. The first-order valence-corrected chi connectivity index (χ1v) is 12.4. The molecule has 0 saturated heterocycles. The third-order valence-corrected chi connectivity index (χ3v) is 5.34. The number of hydrogen-bond donors (Lipinski definition) is 1. The summed E-state index contributed by atoms with van der Waals surface area (Å²) >= 11 is 6.07. The molecule has 0 radical (unpaired) electrons. The van der Waals surface area contributed by atoms with Crippen LogP contribution < -0.4 is 15.0 Å². The quantitative estimate of drug-likeness (QED) is 0.135. The first-order valence-electron chi connectivity index (χ1n) is 12.0. The third kappa shape index (κ3) is 9.68. The summed E-state index contributed by atoms with van der Waals surface area (Å²) in [5.41, 5.74) is -1.26. The van der Waals surface area contributed by atoms with Gasteiger partial charge in [0.1, 0.15) is 24.7 Å². The van der Waals surface area contributed by atoms with E-state index in [9.17, 15) is 34.6 Å².